The molecular weight excluding hydrogens is 161 g/mol. The molecule has 0 amide bonds. The molecule has 0 rings (SSSR count). The first-order valence-corrected chi connectivity index (χ1v) is 2.35. The molecule has 0 aromatic rings. The summed E-state index contributed by atoms with van der Waals surface area (Å²) in [5.74, 6) is 0. The van der Waals surface area contributed by atoms with Gasteiger partial charge in [-0.05, 0) is 0 Å². The fourth-order valence-electron chi connectivity index (χ4n) is 0.0802. The molecule has 0 aliphatic carbocycles. The van der Waals surface area contributed by atoms with E-state index in [0.29, 0.717) is 0 Å². The molecule has 56 valence electrons. The normalized spacial score (nSPS) is 12.0. The summed E-state index contributed by atoms with van der Waals surface area (Å²) in [5.41, 5.74) is 0. The van der Waals surface area contributed by atoms with Crippen LogP contribution in [0.1, 0.15) is 0 Å². The standard InChI is InChI=1S/C2H3F3O3S/c1-6-9-8-7-2(3,4)5/h1H3. The third-order valence-electron chi connectivity index (χ3n) is 0.224. The van der Waals surface area contributed by atoms with E-state index in [-0.39, 0.29) is 12.3 Å². The molecule has 0 atom stereocenters. The van der Waals surface area contributed by atoms with Crippen molar-refractivity contribution in [1.29, 1.82) is 0 Å². The first kappa shape index (κ1) is 9.02. The highest BCUT2D eigenvalue weighted by molar-refractivity contribution is 7.89. The Balaban J connectivity index is 3.07. The quantitative estimate of drug-likeness (QED) is 0.274. The van der Waals surface area contributed by atoms with Crippen LogP contribution in [0.2, 0.25) is 0 Å². The number of hydrogen-bond donors (Lipinski definition) is 0. The first-order chi connectivity index (χ1) is 4.06. The molecule has 0 aliphatic rings. The van der Waals surface area contributed by atoms with E-state index in [1.54, 1.807) is 0 Å². The van der Waals surface area contributed by atoms with Crippen molar-refractivity contribution in [3.05, 3.63) is 0 Å². The van der Waals surface area contributed by atoms with Crippen LogP contribution in [0.25, 0.3) is 0 Å². The van der Waals surface area contributed by atoms with Crippen molar-refractivity contribution in [2.24, 2.45) is 0 Å². The maximum Gasteiger partial charge on any atom is 0.550 e. The van der Waals surface area contributed by atoms with Crippen LogP contribution in [0, 0.1) is 0 Å². The SMILES string of the molecule is COSOOC(F)(F)F. The largest absolute Gasteiger partial charge is 0.550 e. The van der Waals surface area contributed by atoms with Crippen LogP contribution in [0.3, 0.4) is 0 Å². The highest BCUT2D eigenvalue weighted by atomic mass is 32.2. The molecule has 3 nitrogen and oxygen atoms in total. The van der Waals surface area contributed by atoms with Crippen molar-refractivity contribution in [2.45, 2.75) is 6.36 Å². The molecule has 0 aliphatic heterocycles. The van der Waals surface area contributed by atoms with E-state index in [2.05, 4.69) is 13.4 Å². The molecule has 0 saturated heterocycles. The van der Waals surface area contributed by atoms with Crippen molar-refractivity contribution in [3.8, 4) is 0 Å². The predicted octanol–water partition coefficient (Wildman–Crippen LogP) is 1.66. The maximum absolute atomic E-state index is 11.0. The van der Waals surface area contributed by atoms with Gasteiger partial charge in [0.25, 0.3) is 0 Å². The van der Waals surface area contributed by atoms with Crippen LogP contribution >= 0.6 is 12.3 Å². The second-order valence-electron chi connectivity index (χ2n) is 0.832. The van der Waals surface area contributed by atoms with Gasteiger partial charge in [0.2, 0.25) is 0 Å². The van der Waals surface area contributed by atoms with Gasteiger partial charge in [-0.1, -0.05) is 0 Å². The number of rotatable bonds is 3. The van der Waals surface area contributed by atoms with E-state index >= 15 is 0 Å². The highest BCUT2D eigenvalue weighted by Crippen LogP contribution is 2.19. The molecule has 0 spiro atoms. The Morgan fingerprint density at radius 1 is 1.33 bits per heavy atom. The smallest absolute Gasteiger partial charge is 0.293 e. The van der Waals surface area contributed by atoms with Crippen LogP contribution in [0.5, 0.6) is 0 Å². The van der Waals surface area contributed by atoms with E-state index in [0.717, 1.165) is 7.11 Å². The maximum atomic E-state index is 11.0. The third-order valence-corrected chi connectivity index (χ3v) is 0.484. The van der Waals surface area contributed by atoms with Crippen molar-refractivity contribution < 1.29 is 26.6 Å². The summed E-state index contributed by atoms with van der Waals surface area (Å²) in [6.45, 7) is 0. The van der Waals surface area contributed by atoms with Crippen molar-refractivity contribution in [3.63, 3.8) is 0 Å². The van der Waals surface area contributed by atoms with E-state index < -0.39 is 6.36 Å². The first-order valence-electron chi connectivity index (χ1n) is 1.68. The van der Waals surface area contributed by atoms with Crippen LogP contribution in [-0.2, 0) is 13.4 Å². The van der Waals surface area contributed by atoms with Gasteiger partial charge in [-0.15, -0.1) is 22.4 Å². The van der Waals surface area contributed by atoms with Gasteiger partial charge < -0.3 is 0 Å². The predicted molar refractivity (Wildman–Crippen MR) is 22.8 cm³/mol. The lowest BCUT2D eigenvalue weighted by atomic mass is 11.4. The molecule has 0 aromatic heterocycles. The molecule has 0 heterocycles. The van der Waals surface area contributed by atoms with Crippen molar-refractivity contribution in [1.82, 2.24) is 0 Å². The minimum absolute atomic E-state index is 0.0928. The summed E-state index contributed by atoms with van der Waals surface area (Å²) in [6.07, 6.45) is -4.77. The lowest BCUT2D eigenvalue weighted by Crippen LogP contribution is -2.11. The monoisotopic (exact) mass is 164 g/mol. The van der Waals surface area contributed by atoms with E-state index in [1.165, 1.54) is 0 Å². The number of halogens is 3. The molecule has 0 aromatic carbocycles. The topological polar surface area (TPSA) is 27.7 Å². The van der Waals surface area contributed by atoms with Gasteiger partial charge in [0.1, 0.15) is 0 Å². The highest BCUT2D eigenvalue weighted by Gasteiger charge is 2.31. The zero-order chi connectivity index (χ0) is 7.33. The molecule has 0 N–H and O–H groups in total. The zero-order valence-electron chi connectivity index (χ0n) is 4.27. The fourth-order valence-corrected chi connectivity index (χ4v) is 0.241. The average Bonchev–Trinajstić information content (AvgIpc) is 1.63. The minimum Gasteiger partial charge on any atom is -0.293 e. The second-order valence-corrected chi connectivity index (χ2v) is 1.44. The van der Waals surface area contributed by atoms with Gasteiger partial charge in [-0.2, -0.15) is 0 Å². The summed E-state index contributed by atoms with van der Waals surface area (Å²) >= 11 is 0.0928. The van der Waals surface area contributed by atoms with Gasteiger partial charge in [0.05, 0.1) is 7.11 Å². The van der Waals surface area contributed by atoms with Gasteiger partial charge in [0, 0.05) is 0 Å². The van der Waals surface area contributed by atoms with E-state index in [4.69, 9.17) is 0 Å². The Morgan fingerprint density at radius 2 is 1.89 bits per heavy atom. The number of alkyl halides is 3. The fraction of sp³-hybridized carbons (Fsp3) is 1.00. The van der Waals surface area contributed by atoms with Crippen molar-refractivity contribution in [2.75, 3.05) is 7.11 Å². The molecule has 7 heteroatoms. The van der Waals surface area contributed by atoms with E-state index in [1.807, 2.05) is 0 Å². The third kappa shape index (κ3) is 8.02. The summed E-state index contributed by atoms with van der Waals surface area (Å²) in [6, 6.07) is 0. The number of hydrogen-bond acceptors (Lipinski definition) is 4. The lowest BCUT2D eigenvalue weighted by molar-refractivity contribution is -0.441. The average molecular weight is 164 g/mol. The summed E-state index contributed by atoms with van der Waals surface area (Å²) < 4.78 is 40.3. The van der Waals surface area contributed by atoms with Crippen LogP contribution in [0.4, 0.5) is 13.2 Å². The van der Waals surface area contributed by atoms with Crippen LogP contribution in [-0.4, -0.2) is 13.5 Å². The molecule has 0 bridgehead atoms. The summed E-state index contributed by atoms with van der Waals surface area (Å²) in [4.78, 5) is 2.81. The summed E-state index contributed by atoms with van der Waals surface area (Å²) in [7, 11) is 1.14. The Kier molecular flexibility index (Phi) is 3.95. The van der Waals surface area contributed by atoms with Crippen molar-refractivity contribution >= 4 is 12.3 Å². The molecule has 0 saturated carbocycles. The second kappa shape index (κ2) is 3.94. The van der Waals surface area contributed by atoms with Gasteiger partial charge in [0.15, 0.2) is 12.3 Å². The van der Waals surface area contributed by atoms with Crippen LogP contribution < -0.4 is 0 Å². The van der Waals surface area contributed by atoms with Crippen LogP contribution in [0.15, 0.2) is 0 Å². The van der Waals surface area contributed by atoms with Gasteiger partial charge >= 0.3 is 6.36 Å². The summed E-state index contributed by atoms with van der Waals surface area (Å²) in [5, 5.41) is 0. The molecule has 0 unspecified atom stereocenters. The Labute approximate surface area is 53.4 Å². The Hall–Kier alpha value is 0.0200. The lowest BCUT2D eigenvalue weighted by Gasteiger charge is -2.01. The molecule has 0 radical (unpaired) electrons. The van der Waals surface area contributed by atoms with Gasteiger partial charge in [-0.25, -0.2) is 0 Å². The van der Waals surface area contributed by atoms with E-state index in [9.17, 15) is 13.2 Å². The Bertz CT molecular complexity index is 73.9. The molecule has 0 fully saturated rings. The Morgan fingerprint density at radius 3 is 2.22 bits per heavy atom. The zero-order valence-corrected chi connectivity index (χ0v) is 5.08. The molecular formula is C2H3F3O3S. The minimum atomic E-state index is -4.77. The van der Waals surface area contributed by atoms with Gasteiger partial charge in [-0.3, -0.25) is 4.18 Å². The molecule has 9 heavy (non-hydrogen) atoms.